The second-order valence-electron chi connectivity index (χ2n) is 7.00. The number of carbonyl (C=O) groups excluding carboxylic acids is 2. The molecule has 2 aromatic rings. The summed E-state index contributed by atoms with van der Waals surface area (Å²) in [6, 6.07) is 6.03. The molecule has 0 spiro atoms. The third-order valence-electron chi connectivity index (χ3n) is 5.23. The molecule has 8 heteroatoms. The number of aromatic nitrogens is 2. The predicted molar refractivity (Wildman–Crippen MR) is 95.1 cm³/mol. The highest BCUT2D eigenvalue weighted by atomic mass is 19.1. The van der Waals surface area contributed by atoms with Gasteiger partial charge in [-0.3, -0.25) is 9.59 Å². The van der Waals surface area contributed by atoms with Crippen molar-refractivity contribution < 1.29 is 19.1 Å². The lowest BCUT2D eigenvalue weighted by Gasteiger charge is -2.37. The van der Waals surface area contributed by atoms with Crippen molar-refractivity contribution in [3.8, 4) is 11.4 Å². The van der Waals surface area contributed by atoms with Crippen LogP contribution >= 0.6 is 0 Å². The van der Waals surface area contributed by atoms with Gasteiger partial charge in [0.05, 0.1) is 6.20 Å². The first-order valence-electron chi connectivity index (χ1n) is 9.17. The highest BCUT2D eigenvalue weighted by molar-refractivity contribution is 5.95. The molecule has 142 valence electrons. The van der Waals surface area contributed by atoms with E-state index in [0.29, 0.717) is 19.5 Å². The maximum absolute atomic E-state index is 14.0. The van der Waals surface area contributed by atoms with Gasteiger partial charge in [0.2, 0.25) is 5.91 Å². The van der Waals surface area contributed by atoms with E-state index >= 15 is 0 Å². The second-order valence-corrected chi connectivity index (χ2v) is 7.00. The van der Waals surface area contributed by atoms with E-state index in [4.69, 9.17) is 0 Å². The van der Waals surface area contributed by atoms with Gasteiger partial charge in [0, 0.05) is 32.1 Å². The van der Waals surface area contributed by atoms with Crippen LogP contribution in [0.1, 0.15) is 36.2 Å². The number of rotatable bonds is 3. The van der Waals surface area contributed by atoms with Crippen LogP contribution < -0.4 is 0 Å². The van der Waals surface area contributed by atoms with E-state index in [1.807, 2.05) is 4.90 Å². The molecule has 1 aromatic heterocycles. The highest BCUT2D eigenvalue weighted by Gasteiger charge is 2.34. The fraction of sp³-hybridized carbons (Fsp3) is 0.421. The Labute approximate surface area is 156 Å². The Morgan fingerprint density at radius 1 is 1.22 bits per heavy atom. The summed E-state index contributed by atoms with van der Waals surface area (Å²) >= 11 is 0. The van der Waals surface area contributed by atoms with Gasteiger partial charge in [-0.15, -0.1) is 0 Å². The van der Waals surface area contributed by atoms with Crippen molar-refractivity contribution in [3.63, 3.8) is 0 Å². The maximum Gasteiger partial charge on any atom is 0.278 e. The second kappa shape index (κ2) is 7.02. The minimum absolute atomic E-state index is 0.00787. The summed E-state index contributed by atoms with van der Waals surface area (Å²) in [5, 5.41) is 14.3. The summed E-state index contributed by atoms with van der Waals surface area (Å²) in [7, 11) is 0. The Morgan fingerprint density at radius 3 is 2.78 bits per heavy atom. The zero-order valence-electron chi connectivity index (χ0n) is 14.8. The van der Waals surface area contributed by atoms with Crippen LogP contribution in [-0.4, -0.2) is 62.2 Å². The fourth-order valence-electron chi connectivity index (χ4n) is 3.88. The molecule has 1 atom stereocenters. The highest BCUT2D eigenvalue weighted by Crippen LogP contribution is 2.25. The van der Waals surface area contributed by atoms with E-state index in [0.717, 1.165) is 25.8 Å². The molecule has 0 saturated carbocycles. The van der Waals surface area contributed by atoms with Gasteiger partial charge in [-0.05, 0) is 31.4 Å². The predicted octanol–water partition coefficient (Wildman–Crippen LogP) is 1.94. The first kappa shape index (κ1) is 17.5. The molecule has 2 amide bonds. The number of piperidine rings is 1. The Balaban J connectivity index is 1.54. The molecule has 0 unspecified atom stereocenters. The van der Waals surface area contributed by atoms with Gasteiger partial charge in [0.1, 0.15) is 11.5 Å². The van der Waals surface area contributed by atoms with Gasteiger partial charge in [0.15, 0.2) is 11.4 Å². The molecular weight excluding hydrogens is 351 g/mol. The average molecular weight is 372 g/mol. The summed E-state index contributed by atoms with van der Waals surface area (Å²) in [5.41, 5.74) is 0.0534. The minimum Gasteiger partial charge on any atom is -0.504 e. The third-order valence-corrected chi connectivity index (χ3v) is 5.23. The summed E-state index contributed by atoms with van der Waals surface area (Å²) in [6.45, 7) is 1.71. The number of hydrogen-bond acceptors (Lipinski definition) is 4. The van der Waals surface area contributed by atoms with E-state index in [1.165, 1.54) is 23.0 Å². The molecule has 2 saturated heterocycles. The fourth-order valence-corrected chi connectivity index (χ4v) is 3.88. The van der Waals surface area contributed by atoms with Crippen LogP contribution in [0.5, 0.6) is 5.75 Å². The quantitative estimate of drug-likeness (QED) is 0.893. The van der Waals surface area contributed by atoms with E-state index in [1.54, 1.807) is 17.0 Å². The van der Waals surface area contributed by atoms with Crippen LogP contribution in [0, 0.1) is 5.82 Å². The first-order valence-corrected chi connectivity index (χ1v) is 9.17. The van der Waals surface area contributed by atoms with Crippen molar-refractivity contribution >= 4 is 11.8 Å². The molecule has 1 N–H and O–H groups in total. The Bertz CT molecular complexity index is 882. The van der Waals surface area contributed by atoms with Crippen molar-refractivity contribution in [1.29, 1.82) is 0 Å². The number of para-hydroxylation sites is 1. The Kier molecular flexibility index (Phi) is 4.55. The number of hydrogen-bond donors (Lipinski definition) is 1. The van der Waals surface area contributed by atoms with Crippen LogP contribution in [0.15, 0.2) is 30.5 Å². The van der Waals surface area contributed by atoms with Crippen LogP contribution in [0.4, 0.5) is 4.39 Å². The van der Waals surface area contributed by atoms with Crippen molar-refractivity contribution in [2.45, 2.75) is 31.7 Å². The molecule has 4 rings (SSSR count). The smallest absolute Gasteiger partial charge is 0.278 e. The lowest BCUT2D eigenvalue weighted by molar-refractivity contribution is -0.130. The molecule has 0 aliphatic carbocycles. The van der Waals surface area contributed by atoms with Crippen molar-refractivity contribution in [2.24, 2.45) is 0 Å². The van der Waals surface area contributed by atoms with Crippen molar-refractivity contribution in [3.05, 3.63) is 42.0 Å². The largest absolute Gasteiger partial charge is 0.504 e. The standard InChI is InChI=1S/C19H21FN4O3/c20-14-6-1-2-7-15(14)24-12-16(25)18(21-24)19(27)22-9-3-5-13(11-22)23-10-4-8-17(23)26/h1-2,6-7,12-13,25H,3-5,8-11H2/t13-/m0/s1. The molecule has 0 radical (unpaired) electrons. The van der Waals surface area contributed by atoms with Gasteiger partial charge in [-0.2, -0.15) is 5.10 Å². The normalized spacial score (nSPS) is 20.3. The number of aromatic hydroxyl groups is 1. The summed E-state index contributed by atoms with van der Waals surface area (Å²) in [5.74, 6) is -1.05. The van der Waals surface area contributed by atoms with Gasteiger partial charge in [-0.1, -0.05) is 12.1 Å². The van der Waals surface area contributed by atoms with E-state index in [-0.39, 0.29) is 29.1 Å². The third kappa shape index (κ3) is 3.27. The molecular formula is C19H21FN4O3. The average Bonchev–Trinajstić information content (AvgIpc) is 3.27. The number of nitrogens with zero attached hydrogens (tertiary/aromatic N) is 4. The SMILES string of the molecule is O=C(c1nn(-c2ccccc2F)cc1O)N1CCC[C@H](N2CCCC2=O)C1. The van der Waals surface area contributed by atoms with Crippen LogP contribution in [0.2, 0.25) is 0 Å². The van der Waals surface area contributed by atoms with Crippen LogP contribution in [-0.2, 0) is 4.79 Å². The number of carbonyl (C=O) groups is 2. The first-order chi connectivity index (χ1) is 13.0. The van der Waals surface area contributed by atoms with Crippen LogP contribution in [0.25, 0.3) is 5.69 Å². The number of amides is 2. The van der Waals surface area contributed by atoms with Gasteiger partial charge < -0.3 is 14.9 Å². The number of benzene rings is 1. The van der Waals surface area contributed by atoms with Gasteiger partial charge in [0.25, 0.3) is 5.91 Å². The molecule has 2 fully saturated rings. The van der Waals surface area contributed by atoms with Gasteiger partial charge >= 0.3 is 0 Å². The lowest BCUT2D eigenvalue weighted by Crippen LogP contribution is -2.50. The molecule has 0 bridgehead atoms. The molecule has 2 aliphatic rings. The van der Waals surface area contributed by atoms with Gasteiger partial charge in [-0.25, -0.2) is 9.07 Å². The van der Waals surface area contributed by atoms with E-state index < -0.39 is 11.7 Å². The van der Waals surface area contributed by atoms with E-state index in [9.17, 15) is 19.1 Å². The Morgan fingerprint density at radius 2 is 2.04 bits per heavy atom. The molecule has 7 nitrogen and oxygen atoms in total. The zero-order valence-corrected chi connectivity index (χ0v) is 14.8. The maximum atomic E-state index is 14.0. The Hall–Kier alpha value is -2.90. The van der Waals surface area contributed by atoms with Crippen molar-refractivity contribution in [1.82, 2.24) is 19.6 Å². The van der Waals surface area contributed by atoms with E-state index in [2.05, 4.69) is 5.10 Å². The topological polar surface area (TPSA) is 78.7 Å². The van der Waals surface area contributed by atoms with Crippen LogP contribution in [0.3, 0.4) is 0 Å². The monoisotopic (exact) mass is 372 g/mol. The summed E-state index contributed by atoms with van der Waals surface area (Å²) in [4.78, 5) is 28.4. The lowest BCUT2D eigenvalue weighted by atomic mass is 10.0. The molecule has 2 aliphatic heterocycles. The molecule has 3 heterocycles. The number of halogens is 1. The molecule has 27 heavy (non-hydrogen) atoms. The summed E-state index contributed by atoms with van der Waals surface area (Å²) < 4.78 is 15.1. The molecule has 1 aromatic carbocycles. The zero-order chi connectivity index (χ0) is 19.0. The number of likely N-dealkylation sites (tertiary alicyclic amines) is 2. The van der Waals surface area contributed by atoms with Crippen molar-refractivity contribution in [2.75, 3.05) is 19.6 Å². The minimum atomic E-state index is -0.496. The summed E-state index contributed by atoms with van der Waals surface area (Å²) in [6.07, 6.45) is 4.31.